The molecule has 0 bridgehead atoms. The maximum Gasteiger partial charge on any atom is 0.225 e. The highest BCUT2D eigenvalue weighted by Crippen LogP contribution is 2.59. The SMILES string of the molecule is C=C1/C(=C\C=C2/CCC[C@]3(C)[C@@H]([C@H](C)CCNC(=O)C4(C)CCCCC4)CC[C@@H]23)CCCC1O.CC. The van der Waals surface area contributed by atoms with E-state index in [0.29, 0.717) is 23.2 Å². The van der Waals surface area contributed by atoms with Gasteiger partial charge >= 0.3 is 0 Å². The van der Waals surface area contributed by atoms with E-state index in [1.54, 1.807) is 5.57 Å². The number of amides is 1. The highest BCUT2D eigenvalue weighted by Gasteiger charge is 2.50. The van der Waals surface area contributed by atoms with Crippen LogP contribution in [0.4, 0.5) is 0 Å². The minimum Gasteiger partial charge on any atom is -0.388 e. The average molecular weight is 498 g/mol. The van der Waals surface area contributed by atoms with Gasteiger partial charge in [0.2, 0.25) is 5.91 Å². The fourth-order valence-corrected chi connectivity index (χ4v) is 8.03. The van der Waals surface area contributed by atoms with Crippen molar-refractivity contribution in [2.45, 2.75) is 131 Å². The number of hydrogen-bond acceptors (Lipinski definition) is 2. The monoisotopic (exact) mass is 497 g/mol. The summed E-state index contributed by atoms with van der Waals surface area (Å²) >= 11 is 0. The molecule has 4 aliphatic rings. The van der Waals surface area contributed by atoms with Gasteiger partial charge in [-0.25, -0.2) is 0 Å². The quantitative estimate of drug-likeness (QED) is 0.388. The van der Waals surface area contributed by atoms with Gasteiger partial charge in [0.15, 0.2) is 0 Å². The second-order valence-corrected chi connectivity index (χ2v) is 12.6. The molecule has 4 aliphatic carbocycles. The van der Waals surface area contributed by atoms with Crippen LogP contribution in [0.25, 0.3) is 0 Å². The molecule has 3 nitrogen and oxygen atoms in total. The Bertz CT molecular complexity index is 818. The molecule has 0 saturated heterocycles. The Hall–Kier alpha value is -1.35. The highest BCUT2D eigenvalue weighted by atomic mass is 16.3. The normalized spacial score (nSPS) is 35.1. The minimum absolute atomic E-state index is 0.136. The second kappa shape index (κ2) is 12.9. The topological polar surface area (TPSA) is 49.3 Å². The number of allylic oxidation sites excluding steroid dienone is 3. The molecular weight excluding hydrogens is 442 g/mol. The first-order chi connectivity index (χ1) is 17.2. The molecule has 3 heteroatoms. The van der Waals surface area contributed by atoms with Gasteiger partial charge in [0.05, 0.1) is 6.10 Å². The molecule has 0 spiro atoms. The highest BCUT2D eigenvalue weighted by molar-refractivity contribution is 5.82. The summed E-state index contributed by atoms with van der Waals surface area (Å²) in [5.74, 6) is 2.35. The summed E-state index contributed by atoms with van der Waals surface area (Å²) in [4.78, 5) is 12.9. The second-order valence-electron chi connectivity index (χ2n) is 12.6. The van der Waals surface area contributed by atoms with E-state index in [9.17, 15) is 9.90 Å². The standard InChI is InChI=1S/C31H49NO2.C2H6/c1-22(17-21-32-29(34)30(3)18-6-5-7-19-30)26-15-16-27-25(11-9-20-31(26,27)4)14-13-24-10-8-12-28(33)23(24)2;1-2/h13-14,22,26-28,33H,2,5-12,15-21H2,1,3-4H3,(H,32,34);1-2H3/b24-13-,25-14+;/t22-,26-,27+,28?,31-;/m1./s1. The summed E-state index contributed by atoms with van der Waals surface area (Å²) in [6.45, 7) is 16.1. The zero-order valence-electron chi connectivity index (χ0n) is 24.1. The number of carbonyl (C=O) groups is 1. The van der Waals surface area contributed by atoms with E-state index >= 15 is 0 Å². The van der Waals surface area contributed by atoms with Gasteiger partial charge in [-0.15, -0.1) is 0 Å². The van der Waals surface area contributed by atoms with Crippen LogP contribution in [0.15, 0.2) is 35.5 Å². The molecule has 0 aromatic rings. The van der Waals surface area contributed by atoms with E-state index in [1.807, 2.05) is 13.8 Å². The Labute approximate surface area is 222 Å². The summed E-state index contributed by atoms with van der Waals surface area (Å²) in [5.41, 5.74) is 4.06. The Morgan fingerprint density at radius 3 is 2.47 bits per heavy atom. The third-order valence-electron chi connectivity index (χ3n) is 10.4. The molecule has 1 amide bonds. The van der Waals surface area contributed by atoms with Crippen LogP contribution in [0.2, 0.25) is 0 Å². The lowest BCUT2D eigenvalue weighted by Gasteiger charge is -2.44. The first kappa shape index (κ1) is 29.2. The van der Waals surface area contributed by atoms with Gasteiger partial charge in [-0.3, -0.25) is 4.79 Å². The summed E-state index contributed by atoms with van der Waals surface area (Å²) in [6.07, 6.45) is 20.6. The summed E-state index contributed by atoms with van der Waals surface area (Å²) < 4.78 is 0. The van der Waals surface area contributed by atoms with Crippen LogP contribution in [0.1, 0.15) is 125 Å². The summed E-state index contributed by atoms with van der Waals surface area (Å²) in [5, 5.41) is 13.5. The first-order valence-electron chi connectivity index (χ1n) is 15.3. The molecule has 0 radical (unpaired) electrons. The van der Waals surface area contributed by atoms with Gasteiger partial charge < -0.3 is 10.4 Å². The third kappa shape index (κ3) is 6.37. The Morgan fingerprint density at radius 1 is 1.03 bits per heavy atom. The fraction of sp³-hybridized carbons (Fsp3) is 0.788. The number of nitrogens with one attached hydrogen (secondary N) is 1. The number of rotatable bonds is 6. The van der Waals surface area contributed by atoms with Gasteiger partial charge in [-0.05, 0) is 105 Å². The zero-order chi connectivity index (χ0) is 26.3. The number of aliphatic hydroxyl groups excluding tert-OH is 1. The molecule has 4 rings (SSSR count). The predicted molar refractivity (Wildman–Crippen MR) is 153 cm³/mol. The molecule has 5 atom stereocenters. The number of carbonyl (C=O) groups excluding carboxylic acids is 1. The average Bonchev–Trinajstić information content (AvgIpc) is 3.24. The third-order valence-corrected chi connectivity index (χ3v) is 10.4. The molecule has 1 unspecified atom stereocenters. The van der Waals surface area contributed by atoms with Crippen molar-refractivity contribution in [3.8, 4) is 0 Å². The van der Waals surface area contributed by atoms with E-state index < -0.39 is 0 Å². The number of fused-ring (bicyclic) bond motifs is 1. The van der Waals surface area contributed by atoms with Gasteiger partial charge in [0.1, 0.15) is 0 Å². The largest absolute Gasteiger partial charge is 0.388 e. The van der Waals surface area contributed by atoms with Crippen molar-refractivity contribution >= 4 is 5.91 Å². The summed E-state index contributed by atoms with van der Waals surface area (Å²) in [6, 6.07) is 0. The molecule has 4 fully saturated rings. The van der Waals surface area contributed by atoms with Crippen LogP contribution in [0.5, 0.6) is 0 Å². The molecular formula is C33H55NO2. The number of aliphatic hydroxyl groups is 1. The van der Waals surface area contributed by atoms with Gasteiger partial charge in [0, 0.05) is 12.0 Å². The van der Waals surface area contributed by atoms with Crippen LogP contribution in [-0.4, -0.2) is 23.7 Å². The van der Waals surface area contributed by atoms with E-state index in [2.05, 4.69) is 44.8 Å². The zero-order valence-corrected chi connectivity index (χ0v) is 24.1. The van der Waals surface area contributed by atoms with E-state index in [-0.39, 0.29) is 11.5 Å². The van der Waals surface area contributed by atoms with Crippen molar-refractivity contribution in [3.63, 3.8) is 0 Å². The molecule has 0 aliphatic heterocycles. The van der Waals surface area contributed by atoms with E-state index in [0.717, 1.165) is 56.6 Å². The fourth-order valence-electron chi connectivity index (χ4n) is 8.03. The number of hydrogen-bond donors (Lipinski definition) is 2. The lowest BCUT2D eigenvalue weighted by atomic mass is 9.61. The molecule has 4 saturated carbocycles. The molecule has 0 aromatic carbocycles. The van der Waals surface area contributed by atoms with Crippen molar-refractivity contribution in [1.29, 1.82) is 0 Å². The van der Waals surface area contributed by atoms with Crippen molar-refractivity contribution in [2.24, 2.45) is 28.6 Å². The van der Waals surface area contributed by atoms with Crippen LogP contribution >= 0.6 is 0 Å². The van der Waals surface area contributed by atoms with Gasteiger partial charge in [0.25, 0.3) is 0 Å². The Balaban J connectivity index is 0.00000176. The van der Waals surface area contributed by atoms with Crippen LogP contribution in [-0.2, 0) is 4.79 Å². The maximum absolute atomic E-state index is 12.9. The summed E-state index contributed by atoms with van der Waals surface area (Å²) in [7, 11) is 0. The van der Waals surface area contributed by atoms with Crippen LogP contribution in [0.3, 0.4) is 0 Å². The van der Waals surface area contributed by atoms with Crippen LogP contribution < -0.4 is 5.32 Å². The molecule has 204 valence electrons. The predicted octanol–water partition coefficient (Wildman–Crippen LogP) is 8.30. The Kier molecular flexibility index (Phi) is 10.5. The van der Waals surface area contributed by atoms with Gasteiger partial charge in [-0.2, -0.15) is 0 Å². The van der Waals surface area contributed by atoms with Crippen molar-refractivity contribution < 1.29 is 9.90 Å². The molecule has 2 N–H and O–H groups in total. The van der Waals surface area contributed by atoms with Crippen molar-refractivity contribution in [2.75, 3.05) is 6.54 Å². The van der Waals surface area contributed by atoms with Crippen LogP contribution in [0, 0.1) is 28.6 Å². The van der Waals surface area contributed by atoms with Crippen molar-refractivity contribution in [3.05, 3.63) is 35.5 Å². The molecule has 0 aromatic heterocycles. The molecule has 36 heavy (non-hydrogen) atoms. The molecule has 0 heterocycles. The smallest absolute Gasteiger partial charge is 0.225 e. The van der Waals surface area contributed by atoms with E-state index in [1.165, 1.54) is 56.9 Å². The Morgan fingerprint density at radius 2 is 1.75 bits per heavy atom. The van der Waals surface area contributed by atoms with Gasteiger partial charge in [-0.1, -0.05) is 78.2 Å². The first-order valence-corrected chi connectivity index (χ1v) is 15.3. The minimum atomic E-state index is -0.354. The van der Waals surface area contributed by atoms with Crippen molar-refractivity contribution in [1.82, 2.24) is 5.32 Å². The van der Waals surface area contributed by atoms with E-state index in [4.69, 9.17) is 0 Å². The lowest BCUT2D eigenvalue weighted by molar-refractivity contribution is -0.131. The maximum atomic E-state index is 12.9. The lowest BCUT2D eigenvalue weighted by Crippen LogP contribution is -2.41.